The Bertz CT molecular complexity index is 687. The molecule has 0 spiro atoms. The summed E-state index contributed by atoms with van der Waals surface area (Å²) < 4.78 is 32.3. The minimum Gasteiger partial charge on any atom is -0.483 e. The first-order valence-corrected chi connectivity index (χ1v) is 6.72. The summed E-state index contributed by atoms with van der Waals surface area (Å²) >= 11 is 4.63. The Morgan fingerprint density at radius 1 is 1.18 bits per heavy atom. The molecule has 22 heavy (non-hydrogen) atoms. The molecular weight excluding hydrogens is 308 g/mol. The largest absolute Gasteiger partial charge is 0.483 e. The van der Waals surface area contributed by atoms with Gasteiger partial charge in [0.05, 0.1) is 6.21 Å². The Hall–Kier alpha value is -2.54. The molecule has 2 aromatic carbocycles. The number of hydrogen-bond acceptors (Lipinski definition) is 3. The van der Waals surface area contributed by atoms with E-state index in [-0.39, 0.29) is 11.7 Å². The van der Waals surface area contributed by atoms with Crippen LogP contribution in [0.25, 0.3) is 0 Å². The standard InChI is InChI=1S/C15H13F2N3OS/c16-12-6-3-7-13(17)14(12)21-9-11-5-2-1-4-10(11)8-19-20-15(18)22/h1-8H,9H2,(H3,18,20,22). The molecule has 7 heteroatoms. The molecule has 3 N–H and O–H groups in total. The van der Waals surface area contributed by atoms with Gasteiger partial charge in [-0.25, -0.2) is 8.78 Å². The van der Waals surface area contributed by atoms with Gasteiger partial charge in [0.15, 0.2) is 22.5 Å². The molecule has 4 nitrogen and oxygen atoms in total. The molecule has 0 saturated heterocycles. The van der Waals surface area contributed by atoms with E-state index in [9.17, 15) is 8.78 Å². The van der Waals surface area contributed by atoms with Gasteiger partial charge >= 0.3 is 0 Å². The van der Waals surface area contributed by atoms with Gasteiger partial charge in [0.2, 0.25) is 0 Å². The van der Waals surface area contributed by atoms with E-state index in [1.165, 1.54) is 12.3 Å². The minimum absolute atomic E-state index is 0.00683. The summed E-state index contributed by atoms with van der Waals surface area (Å²) in [5.41, 5.74) is 9.11. The van der Waals surface area contributed by atoms with Crippen LogP contribution in [0.3, 0.4) is 0 Å². The highest BCUT2D eigenvalue weighted by Crippen LogP contribution is 2.22. The number of hydrazone groups is 1. The summed E-state index contributed by atoms with van der Waals surface area (Å²) in [5.74, 6) is -1.90. The molecule has 0 bridgehead atoms. The maximum atomic E-state index is 13.5. The molecule has 2 rings (SSSR count). The molecule has 0 atom stereocenters. The second kappa shape index (κ2) is 7.46. The number of ether oxygens (including phenoxy) is 1. The zero-order chi connectivity index (χ0) is 15.9. The number of nitrogens with two attached hydrogens (primary N) is 1. The fraction of sp³-hybridized carbons (Fsp3) is 0.0667. The Morgan fingerprint density at radius 3 is 2.55 bits per heavy atom. The number of thiocarbonyl (C=S) groups is 1. The molecule has 0 radical (unpaired) electrons. The van der Waals surface area contributed by atoms with E-state index in [1.54, 1.807) is 24.3 Å². The number of nitrogens with one attached hydrogen (secondary N) is 1. The van der Waals surface area contributed by atoms with Crippen LogP contribution in [0.5, 0.6) is 5.75 Å². The number of hydrogen-bond donors (Lipinski definition) is 2. The molecule has 0 saturated carbocycles. The van der Waals surface area contributed by atoms with Gasteiger partial charge < -0.3 is 10.5 Å². The van der Waals surface area contributed by atoms with Gasteiger partial charge in [0.25, 0.3) is 0 Å². The Balaban J connectivity index is 2.13. The summed E-state index contributed by atoms with van der Waals surface area (Å²) in [6.45, 7) is -0.00683. The van der Waals surface area contributed by atoms with Gasteiger partial charge in [-0.15, -0.1) is 0 Å². The second-order valence-electron chi connectivity index (χ2n) is 4.27. The lowest BCUT2D eigenvalue weighted by molar-refractivity contribution is 0.274. The molecule has 0 unspecified atom stereocenters. The van der Waals surface area contributed by atoms with Crippen LogP contribution in [0.4, 0.5) is 8.78 Å². The predicted molar refractivity (Wildman–Crippen MR) is 84.6 cm³/mol. The lowest BCUT2D eigenvalue weighted by Crippen LogP contribution is -2.24. The molecule has 0 aliphatic heterocycles. The Morgan fingerprint density at radius 2 is 1.86 bits per heavy atom. The predicted octanol–water partition coefficient (Wildman–Crippen LogP) is 2.71. The molecular formula is C15H13F2N3OS. The van der Waals surface area contributed by atoms with Crippen molar-refractivity contribution in [2.45, 2.75) is 6.61 Å². The third kappa shape index (κ3) is 4.23. The maximum Gasteiger partial charge on any atom is 0.191 e. The van der Waals surface area contributed by atoms with Crippen molar-refractivity contribution in [3.63, 3.8) is 0 Å². The first-order chi connectivity index (χ1) is 10.6. The maximum absolute atomic E-state index is 13.5. The van der Waals surface area contributed by atoms with Crippen LogP contribution in [0.15, 0.2) is 47.6 Å². The van der Waals surface area contributed by atoms with Crippen LogP contribution in [0.1, 0.15) is 11.1 Å². The third-order valence-electron chi connectivity index (χ3n) is 2.72. The number of para-hydroxylation sites is 1. The topological polar surface area (TPSA) is 59.6 Å². The zero-order valence-corrected chi connectivity index (χ0v) is 12.2. The fourth-order valence-corrected chi connectivity index (χ4v) is 1.78. The van der Waals surface area contributed by atoms with Crippen molar-refractivity contribution in [1.82, 2.24) is 5.43 Å². The van der Waals surface area contributed by atoms with Gasteiger partial charge in [-0.2, -0.15) is 5.10 Å². The van der Waals surface area contributed by atoms with E-state index in [0.717, 1.165) is 12.1 Å². The van der Waals surface area contributed by atoms with Crippen molar-refractivity contribution in [2.75, 3.05) is 0 Å². The lowest BCUT2D eigenvalue weighted by atomic mass is 10.1. The molecule has 0 amide bonds. The van der Waals surface area contributed by atoms with Crippen LogP contribution < -0.4 is 15.9 Å². The average molecular weight is 321 g/mol. The monoisotopic (exact) mass is 321 g/mol. The molecule has 0 aliphatic carbocycles. The minimum atomic E-state index is -0.749. The van der Waals surface area contributed by atoms with E-state index in [4.69, 9.17) is 10.5 Å². The van der Waals surface area contributed by atoms with E-state index in [1.807, 2.05) is 0 Å². The SMILES string of the molecule is NC(=S)NN=Cc1ccccc1COc1c(F)cccc1F. The van der Waals surface area contributed by atoms with E-state index in [2.05, 4.69) is 22.7 Å². The van der Waals surface area contributed by atoms with Crippen LogP contribution in [0.2, 0.25) is 0 Å². The van der Waals surface area contributed by atoms with Gasteiger partial charge in [-0.05, 0) is 29.9 Å². The summed E-state index contributed by atoms with van der Waals surface area (Å²) in [7, 11) is 0. The van der Waals surface area contributed by atoms with Crippen molar-refractivity contribution >= 4 is 23.5 Å². The quantitative estimate of drug-likeness (QED) is 0.505. The van der Waals surface area contributed by atoms with Gasteiger partial charge in [-0.3, -0.25) is 5.43 Å². The van der Waals surface area contributed by atoms with Crippen molar-refractivity contribution in [3.8, 4) is 5.75 Å². The lowest BCUT2D eigenvalue weighted by Gasteiger charge is -2.10. The summed E-state index contributed by atoms with van der Waals surface area (Å²) in [6, 6.07) is 10.7. The molecule has 114 valence electrons. The Labute approximate surface area is 131 Å². The summed E-state index contributed by atoms with van der Waals surface area (Å²) in [4.78, 5) is 0. The highest BCUT2D eigenvalue weighted by molar-refractivity contribution is 7.80. The average Bonchev–Trinajstić information content (AvgIpc) is 2.48. The first-order valence-electron chi connectivity index (χ1n) is 6.31. The van der Waals surface area contributed by atoms with Crippen molar-refractivity contribution < 1.29 is 13.5 Å². The fourth-order valence-electron chi connectivity index (χ4n) is 1.73. The molecule has 0 aliphatic rings. The van der Waals surface area contributed by atoms with Gasteiger partial charge in [0.1, 0.15) is 6.61 Å². The summed E-state index contributed by atoms with van der Waals surface area (Å²) in [5, 5.41) is 3.89. The van der Waals surface area contributed by atoms with E-state index in [0.29, 0.717) is 11.1 Å². The number of halogens is 2. The van der Waals surface area contributed by atoms with Crippen molar-refractivity contribution in [1.29, 1.82) is 0 Å². The van der Waals surface area contributed by atoms with Crippen LogP contribution >= 0.6 is 12.2 Å². The van der Waals surface area contributed by atoms with Crippen LogP contribution in [0, 0.1) is 11.6 Å². The van der Waals surface area contributed by atoms with Crippen LogP contribution in [-0.4, -0.2) is 11.3 Å². The number of rotatable bonds is 5. The molecule has 0 aromatic heterocycles. The summed E-state index contributed by atoms with van der Waals surface area (Å²) in [6.07, 6.45) is 1.50. The van der Waals surface area contributed by atoms with E-state index < -0.39 is 17.4 Å². The van der Waals surface area contributed by atoms with Gasteiger partial charge in [0, 0.05) is 5.56 Å². The van der Waals surface area contributed by atoms with Crippen molar-refractivity contribution in [3.05, 3.63) is 65.2 Å². The van der Waals surface area contributed by atoms with Gasteiger partial charge in [-0.1, -0.05) is 30.3 Å². The molecule has 0 heterocycles. The van der Waals surface area contributed by atoms with Crippen LogP contribution in [-0.2, 0) is 6.61 Å². The number of nitrogens with zero attached hydrogens (tertiary/aromatic N) is 1. The highest BCUT2D eigenvalue weighted by Gasteiger charge is 2.10. The normalized spacial score (nSPS) is 10.6. The third-order valence-corrected chi connectivity index (χ3v) is 2.82. The Kier molecular flexibility index (Phi) is 5.37. The molecule has 0 fully saturated rings. The second-order valence-corrected chi connectivity index (χ2v) is 4.71. The zero-order valence-electron chi connectivity index (χ0n) is 11.4. The van der Waals surface area contributed by atoms with E-state index >= 15 is 0 Å². The molecule has 2 aromatic rings. The highest BCUT2D eigenvalue weighted by atomic mass is 32.1. The smallest absolute Gasteiger partial charge is 0.191 e. The number of benzene rings is 2. The first kappa shape index (κ1) is 15.8. The van der Waals surface area contributed by atoms with Crippen molar-refractivity contribution in [2.24, 2.45) is 10.8 Å².